The van der Waals surface area contributed by atoms with Crippen LogP contribution in [0.4, 0.5) is 8.78 Å². The lowest BCUT2D eigenvalue weighted by Crippen LogP contribution is -2.39. The van der Waals surface area contributed by atoms with E-state index in [1.165, 1.54) is 10.5 Å². The fourth-order valence-electron chi connectivity index (χ4n) is 1.69. The molecule has 0 fully saturated rings. The topological polar surface area (TPSA) is 20.3 Å². The first-order chi connectivity index (χ1) is 6.82. The molecule has 0 saturated carbocycles. The van der Waals surface area contributed by atoms with Crippen LogP contribution in [0.1, 0.15) is 27.2 Å². The molecule has 2 nitrogen and oxygen atoms in total. The number of carbonyl (C=O) groups excluding carboxylic acids is 1. The summed E-state index contributed by atoms with van der Waals surface area (Å²) in [4.78, 5) is 12.2. The van der Waals surface area contributed by atoms with Crippen LogP contribution in [-0.2, 0) is 4.79 Å². The lowest BCUT2D eigenvalue weighted by atomic mass is 9.83. The largest absolute Gasteiger partial charge is 0.334 e. The van der Waals surface area contributed by atoms with Crippen LogP contribution in [0.15, 0.2) is 11.6 Å². The van der Waals surface area contributed by atoms with Gasteiger partial charge in [-0.25, -0.2) is 0 Å². The number of hydrogen-bond acceptors (Lipinski definition) is 1. The molecule has 1 amide bonds. The van der Waals surface area contributed by atoms with Gasteiger partial charge < -0.3 is 4.90 Å². The zero-order valence-corrected chi connectivity index (χ0v) is 9.39. The number of carbonyl (C=O) groups is 1. The van der Waals surface area contributed by atoms with Gasteiger partial charge in [0.15, 0.2) is 0 Å². The van der Waals surface area contributed by atoms with Crippen LogP contribution in [0.3, 0.4) is 0 Å². The van der Waals surface area contributed by atoms with Crippen LogP contribution in [0.2, 0.25) is 0 Å². The van der Waals surface area contributed by atoms with E-state index in [4.69, 9.17) is 0 Å². The summed E-state index contributed by atoms with van der Waals surface area (Å²) in [5.74, 6) is -1.06. The fourth-order valence-corrected chi connectivity index (χ4v) is 1.69. The summed E-state index contributed by atoms with van der Waals surface area (Å²) >= 11 is 0. The summed E-state index contributed by atoms with van der Waals surface area (Å²) < 4.78 is 24.3. The van der Waals surface area contributed by atoms with Gasteiger partial charge in [0.1, 0.15) is 0 Å². The Kier molecular flexibility index (Phi) is 3.47. The van der Waals surface area contributed by atoms with Crippen molar-refractivity contribution in [3.63, 3.8) is 0 Å². The fraction of sp³-hybridized carbons (Fsp3) is 0.727. The van der Waals surface area contributed by atoms with E-state index in [1.807, 2.05) is 6.08 Å². The molecule has 0 aromatic carbocycles. The molecule has 1 aliphatic rings. The zero-order valence-electron chi connectivity index (χ0n) is 9.39. The molecule has 0 radical (unpaired) electrons. The third kappa shape index (κ3) is 3.01. The molecule has 0 atom stereocenters. The minimum atomic E-state index is -2.88. The Morgan fingerprint density at radius 1 is 1.47 bits per heavy atom. The Labute approximate surface area is 88.9 Å². The number of halogens is 2. The van der Waals surface area contributed by atoms with Crippen molar-refractivity contribution in [2.75, 3.05) is 13.1 Å². The molecule has 4 heteroatoms. The highest BCUT2D eigenvalue weighted by Crippen LogP contribution is 2.30. The Hall–Kier alpha value is -0.930. The summed E-state index contributed by atoms with van der Waals surface area (Å²) in [7, 11) is 0. The van der Waals surface area contributed by atoms with Crippen LogP contribution in [-0.4, -0.2) is 30.3 Å². The first-order valence-corrected chi connectivity index (χ1v) is 5.09. The Morgan fingerprint density at radius 2 is 2.07 bits per heavy atom. The summed E-state index contributed by atoms with van der Waals surface area (Å²) in [6.07, 6.45) is -0.291. The average molecular weight is 217 g/mol. The van der Waals surface area contributed by atoms with E-state index in [-0.39, 0.29) is 5.41 Å². The van der Waals surface area contributed by atoms with Crippen molar-refractivity contribution < 1.29 is 13.6 Å². The lowest BCUT2D eigenvalue weighted by molar-refractivity contribution is -0.142. The predicted octanol–water partition coefficient (Wildman–Crippen LogP) is 2.46. The van der Waals surface area contributed by atoms with Gasteiger partial charge in [-0.05, 0) is 11.8 Å². The molecule has 0 aromatic heterocycles. The van der Waals surface area contributed by atoms with Gasteiger partial charge in [-0.3, -0.25) is 4.79 Å². The first-order valence-electron chi connectivity index (χ1n) is 5.09. The molecule has 0 unspecified atom stereocenters. The van der Waals surface area contributed by atoms with Gasteiger partial charge >= 0.3 is 6.43 Å². The van der Waals surface area contributed by atoms with Crippen molar-refractivity contribution in [2.45, 2.75) is 33.6 Å². The standard InChI is InChI=1S/C11H17F2NO/c1-11(2,3)8-4-6-14(7-5-8)10(15)9(12)13/h4,9H,5-7H2,1-3H3. The number of nitrogens with zero attached hydrogens (tertiary/aromatic N) is 1. The van der Waals surface area contributed by atoms with Crippen LogP contribution in [0.5, 0.6) is 0 Å². The van der Waals surface area contributed by atoms with Crippen LogP contribution < -0.4 is 0 Å². The third-order valence-corrected chi connectivity index (χ3v) is 2.67. The molecule has 1 heterocycles. The van der Waals surface area contributed by atoms with Gasteiger partial charge in [0, 0.05) is 13.1 Å². The van der Waals surface area contributed by atoms with E-state index in [0.717, 1.165) is 0 Å². The highest BCUT2D eigenvalue weighted by molar-refractivity contribution is 5.79. The van der Waals surface area contributed by atoms with Crippen molar-refractivity contribution >= 4 is 5.91 Å². The minimum Gasteiger partial charge on any atom is -0.334 e. The first kappa shape index (κ1) is 12.1. The van der Waals surface area contributed by atoms with E-state index in [1.54, 1.807) is 0 Å². The van der Waals surface area contributed by atoms with Gasteiger partial charge in [-0.1, -0.05) is 32.4 Å². The number of amides is 1. The molecular weight excluding hydrogens is 200 g/mol. The molecular formula is C11H17F2NO. The van der Waals surface area contributed by atoms with Crippen molar-refractivity contribution in [3.8, 4) is 0 Å². The third-order valence-electron chi connectivity index (χ3n) is 2.67. The van der Waals surface area contributed by atoms with E-state index in [0.29, 0.717) is 19.5 Å². The summed E-state index contributed by atoms with van der Waals surface area (Å²) in [5.41, 5.74) is 1.31. The van der Waals surface area contributed by atoms with Gasteiger partial charge in [0.25, 0.3) is 5.91 Å². The van der Waals surface area contributed by atoms with Gasteiger partial charge in [-0.2, -0.15) is 8.78 Å². The van der Waals surface area contributed by atoms with Gasteiger partial charge in [-0.15, -0.1) is 0 Å². The maximum Gasteiger partial charge on any atom is 0.315 e. The van der Waals surface area contributed by atoms with E-state index in [2.05, 4.69) is 20.8 Å². The van der Waals surface area contributed by atoms with Crippen molar-refractivity contribution in [2.24, 2.45) is 5.41 Å². The second kappa shape index (κ2) is 4.29. The molecule has 0 spiro atoms. The van der Waals surface area contributed by atoms with Gasteiger partial charge in [0.2, 0.25) is 0 Å². The summed E-state index contributed by atoms with van der Waals surface area (Å²) in [6, 6.07) is 0. The second-order valence-corrected chi connectivity index (χ2v) is 4.81. The lowest BCUT2D eigenvalue weighted by Gasteiger charge is -2.32. The zero-order chi connectivity index (χ0) is 11.6. The summed E-state index contributed by atoms with van der Waals surface area (Å²) in [5, 5.41) is 0. The molecule has 0 N–H and O–H groups in total. The molecule has 1 aliphatic heterocycles. The van der Waals surface area contributed by atoms with E-state index in [9.17, 15) is 13.6 Å². The maximum absolute atomic E-state index is 12.1. The van der Waals surface area contributed by atoms with Crippen molar-refractivity contribution in [1.29, 1.82) is 0 Å². The second-order valence-electron chi connectivity index (χ2n) is 4.81. The smallest absolute Gasteiger partial charge is 0.315 e. The monoisotopic (exact) mass is 217 g/mol. The molecule has 0 aromatic rings. The number of rotatable bonds is 1. The summed E-state index contributed by atoms with van der Waals surface area (Å²) in [6.45, 7) is 6.98. The molecule has 0 saturated heterocycles. The van der Waals surface area contributed by atoms with Crippen LogP contribution in [0, 0.1) is 5.41 Å². The average Bonchev–Trinajstić information content (AvgIpc) is 2.15. The molecule has 1 rings (SSSR count). The predicted molar refractivity (Wildman–Crippen MR) is 54.7 cm³/mol. The minimum absolute atomic E-state index is 0.0694. The molecule has 86 valence electrons. The highest BCUT2D eigenvalue weighted by Gasteiger charge is 2.27. The van der Waals surface area contributed by atoms with Crippen LogP contribution >= 0.6 is 0 Å². The highest BCUT2D eigenvalue weighted by atomic mass is 19.3. The molecule has 15 heavy (non-hydrogen) atoms. The quantitative estimate of drug-likeness (QED) is 0.618. The number of hydrogen-bond donors (Lipinski definition) is 0. The maximum atomic E-state index is 12.1. The number of alkyl halides is 2. The molecule has 0 bridgehead atoms. The van der Waals surface area contributed by atoms with Crippen LogP contribution in [0.25, 0.3) is 0 Å². The van der Waals surface area contributed by atoms with E-state index >= 15 is 0 Å². The Morgan fingerprint density at radius 3 is 2.40 bits per heavy atom. The van der Waals surface area contributed by atoms with E-state index < -0.39 is 12.3 Å². The van der Waals surface area contributed by atoms with Crippen molar-refractivity contribution in [3.05, 3.63) is 11.6 Å². The molecule has 0 aliphatic carbocycles. The van der Waals surface area contributed by atoms with Gasteiger partial charge in [0.05, 0.1) is 0 Å². The SMILES string of the molecule is CC(C)(C)C1=CCN(C(=O)C(F)F)CC1. The Balaban J connectivity index is 2.62. The Bertz CT molecular complexity index is 279. The normalized spacial score (nSPS) is 18.0. The van der Waals surface area contributed by atoms with Crippen molar-refractivity contribution in [1.82, 2.24) is 4.90 Å².